The molecule has 0 saturated heterocycles. The lowest BCUT2D eigenvalue weighted by Crippen LogP contribution is -2.47. The van der Waals surface area contributed by atoms with Gasteiger partial charge in [-0.3, -0.25) is 0 Å². The number of nitrogens with zero attached hydrogens (tertiary/aromatic N) is 1. The van der Waals surface area contributed by atoms with E-state index in [0.29, 0.717) is 12.1 Å². The van der Waals surface area contributed by atoms with Crippen molar-refractivity contribution in [2.45, 2.75) is 51.1 Å². The topological polar surface area (TPSA) is 29.3 Å². The highest BCUT2D eigenvalue weighted by Crippen LogP contribution is 2.31. The standard InChI is InChI=1S/C19H26N2/c1-2-21(19-13-5-3-4-12-17(19)20)18-14-8-10-15-9-6-7-11-16(15)18/h6-11,14,17,19H,2-5,12-13,20H2,1H3. The molecule has 2 heteroatoms. The largest absolute Gasteiger partial charge is 0.367 e. The van der Waals surface area contributed by atoms with Gasteiger partial charge in [0.15, 0.2) is 0 Å². The molecule has 3 rings (SSSR count). The Labute approximate surface area is 127 Å². The number of hydrogen-bond donors (Lipinski definition) is 1. The maximum absolute atomic E-state index is 6.50. The molecule has 2 unspecified atom stereocenters. The summed E-state index contributed by atoms with van der Waals surface area (Å²) in [5.74, 6) is 0. The minimum atomic E-state index is 0.298. The highest BCUT2D eigenvalue weighted by Gasteiger charge is 2.26. The zero-order valence-corrected chi connectivity index (χ0v) is 13.0. The first-order valence-corrected chi connectivity index (χ1v) is 8.31. The van der Waals surface area contributed by atoms with Gasteiger partial charge in [0.25, 0.3) is 0 Å². The van der Waals surface area contributed by atoms with Crippen LogP contribution < -0.4 is 10.6 Å². The van der Waals surface area contributed by atoms with Crippen molar-refractivity contribution in [3.05, 3.63) is 42.5 Å². The van der Waals surface area contributed by atoms with Gasteiger partial charge in [-0.25, -0.2) is 0 Å². The van der Waals surface area contributed by atoms with Crippen molar-refractivity contribution >= 4 is 16.5 Å². The molecule has 0 radical (unpaired) electrons. The Kier molecular flexibility index (Phi) is 4.45. The molecule has 1 aliphatic rings. The molecular formula is C19H26N2. The second kappa shape index (κ2) is 6.48. The Morgan fingerprint density at radius 2 is 1.76 bits per heavy atom. The summed E-state index contributed by atoms with van der Waals surface area (Å²) in [7, 11) is 0. The van der Waals surface area contributed by atoms with Crippen LogP contribution in [0.3, 0.4) is 0 Å². The molecule has 2 aromatic carbocycles. The molecule has 0 spiro atoms. The van der Waals surface area contributed by atoms with E-state index in [2.05, 4.69) is 54.3 Å². The number of likely N-dealkylation sites (N-methyl/N-ethyl adjacent to an activating group) is 1. The predicted octanol–water partition coefficient (Wildman–Crippen LogP) is 4.33. The molecule has 0 aromatic heterocycles. The van der Waals surface area contributed by atoms with Crippen molar-refractivity contribution < 1.29 is 0 Å². The van der Waals surface area contributed by atoms with E-state index in [1.54, 1.807) is 0 Å². The molecule has 0 aliphatic heterocycles. The molecule has 2 N–H and O–H groups in total. The fourth-order valence-electron chi connectivity index (χ4n) is 3.75. The minimum absolute atomic E-state index is 0.298. The first-order valence-electron chi connectivity index (χ1n) is 8.31. The van der Waals surface area contributed by atoms with Crippen molar-refractivity contribution in [2.75, 3.05) is 11.4 Å². The Bertz CT molecular complexity index is 588. The van der Waals surface area contributed by atoms with Crippen LogP contribution in [0.15, 0.2) is 42.5 Å². The lowest BCUT2D eigenvalue weighted by molar-refractivity contribution is 0.467. The van der Waals surface area contributed by atoms with Crippen LogP contribution in [0, 0.1) is 0 Å². The monoisotopic (exact) mass is 282 g/mol. The lowest BCUT2D eigenvalue weighted by Gasteiger charge is -2.36. The van der Waals surface area contributed by atoms with Crippen molar-refractivity contribution in [1.29, 1.82) is 0 Å². The van der Waals surface area contributed by atoms with Crippen LogP contribution in [0.5, 0.6) is 0 Å². The Morgan fingerprint density at radius 3 is 2.62 bits per heavy atom. The second-order valence-electron chi connectivity index (χ2n) is 6.15. The zero-order chi connectivity index (χ0) is 14.7. The predicted molar refractivity (Wildman–Crippen MR) is 91.8 cm³/mol. The van der Waals surface area contributed by atoms with Gasteiger partial charge in [-0.05, 0) is 31.2 Å². The first kappa shape index (κ1) is 14.4. The van der Waals surface area contributed by atoms with Crippen molar-refractivity contribution in [3.8, 4) is 0 Å². The summed E-state index contributed by atoms with van der Waals surface area (Å²) in [4.78, 5) is 2.54. The Balaban J connectivity index is 2.01. The summed E-state index contributed by atoms with van der Waals surface area (Å²) in [5, 5.41) is 2.66. The third kappa shape index (κ3) is 2.91. The highest BCUT2D eigenvalue weighted by molar-refractivity contribution is 5.94. The third-order valence-corrected chi connectivity index (χ3v) is 4.85. The number of hydrogen-bond acceptors (Lipinski definition) is 2. The van der Waals surface area contributed by atoms with Gasteiger partial charge < -0.3 is 10.6 Å². The summed E-state index contributed by atoms with van der Waals surface area (Å²) >= 11 is 0. The van der Waals surface area contributed by atoms with E-state index in [0.717, 1.165) is 13.0 Å². The summed E-state index contributed by atoms with van der Waals surface area (Å²) in [6.07, 6.45) is 6.30. The molecule has 1 aliphatic carbocycles. The van der Waals surface area contributed by atoms with Crippen molar-refractivity contribution in [1.82, 2.24) is 0 Å². The molecule has 21 heavy (non-hydrogen) atoms. The highest BCUT2D eigenvalue weighted by atomic mass is 15.2. The van der Waals surface area contributed by atoms with E-state index in [-0.39, 0.29) is 0 Å². The van der Waals surface area contributed by atoms with Gasteiger partial charge in [0.2, 0.25) is 0 Å². The normalized spacial score (nSPS) is 23.0. The van der Waals surface area contributed by atoms with E-state index in [1.807, 2.05) is 0 Å². The van der Waals surface area contributed by atoms with Crippen LogP contribution >= 0.6 is 0 Å². The molecular weight excluding hydrogens is 256 g/mol. The second-order valence-corrected chi connectivity index (χ2v) is 6.15. The quantitative estimate of drug-likeness (QED) is 0.849. The van der Waals surface area contributed by atoms with Gasteiger partial charge >= 0.3 is 0 Å². The molecule has 112 valence electrons. The van der Waals surface area contributed by atoms with Crippen LogP contribution in [0.2, 0.25) is 0 Å². The van der Waals surface area contributed by atoms with Crippen LogP contribution in [-0.2, 0) is 0 Å². The van der Waals surface area contributed by atoms with Gasteiger partial charge in [0, 0.05) is 29.7 Å². The fourth-order valence-corrected chi connectivity index (χ4v) is 3.75. The lowest BCUT2D eigenvalue weighted by atomic mass is 9.99. The molecule has 0 amide bonds. The maximum Gasteiger partial charge on any atom is 0.0448 e. The van der Waals surface area contributed by atoms with Crippen LogP contribution in [0.25, 0.3) is 10.8 Å². The summed E-state index contributed by atoms with van der Waals surface area (Å²) in [5.41, 5.74) is 7.84. The third-order valence-electron chi connectivity index (χ3n) is 4.85. The maximum atomic E-state index is 6.50. The van der Waals surface area contributed by atoms with E-state index < -0.39 is 0 Å². The zero-order valence-electron chi connectivity index (χ0n) is 13.0. The first-order chi connectivity index (χ1) is 10.3. The van der Waals surface area contributed by atoms with Crippen LogP contribution in [0.1, 0.15) is 39.0 Å². The number of nitrogens with two attached hydrogens (primary N) is 1. The summed E-state index contributed by atoms with van der Waals surface area (Å²) in [6.45, 7) is 3.27. The van der Waals surface area contributed by atoms with Crippen molar-refractivity contribution in [3.63, 3.8) is 0 Å². The SMILES string of the molecule is CCN(c1cccc2ccccc12)C1CCCCCC1N. The van der Waals surface area contributed by atoms with Gasteiger partial charge in [0.05, 0.1) is 0 Å². The molecule has 1 fully saturated rings. The van der Waals surface area contributed by atoms with E-state index >= 15 is 0 Å². The van der Waals surface area contributed by atoms with Crippen LogP contribution in [0.4, 0.5) is 5.69 Å². The Morgan fingerprint density at radius 1 is 1.00 bits per heavy atom. The fraction of sp³-hybridized carbons (Fsp3) is 0.474. The average Bonchev–Trinajstić information content (AvgIpc) is 2.74. The van der Waals surface area contributed by atoms with Gasteiger partial charge in [-0.1, -0.05) is 55.7 Å². The molecule has 2 atom stereocenters. The minimum Gasteiger partial charge on any atom is -0.367 e. The molecule has 0 heterocycles. The molecule has 1 saturated carbocycles. The number of benzene rings is 2. The van der Waals surface area contributed by atoms with Gasteiger partial charge in [-0.15, -0.1) is 0 Å². The van der Waals surface area contributed by atoms with E-state index in [9.17, 15) is 0 Å². The molecule has 2 nitrogen and oxygen atoms in total. The molecule has 0 bridgehead atoms. The number of rotatable bonds is 3. The smallest absolute Gasteiger partial charge is 0.0448 e. The van der Waals surface area contributed by atoms with Gasteiger partial charge in [0.1, 0.15) is 0 Å². The summed E-state index contributed by atoms with van der Waals surface area (Å²) in [6, 6.07) is 16.1. The Hall–Kier alpha value is -1.54. The van der Waals surface area contributed by atoms with E-state index in [4.69, 9.17) is 5.73 Å². The average molecular weight is 282 g/mol. The van der Waals surface area contributed by atoms with Gasteiger partial charge in [-0.2, -0.15) is 0 Å². The number of anilines is 1. The van der Waals surface area contributed by atoms with E-state index in [1.165, 1.54) is 42.1 Å². The summed E-state index contributed by atoms with van der Waals surface area (Å²) < 4.78 is 0. The molecule has 2 aromatic rings. The van der Waals surface area contributed by atoms with Crippen molar-refractivity contribution in [2.24, 2.45) is 5.73 Å². The number of fused-ring (bicyclic) bond motifs is 1. The van der Waals surface area contributed by atoms with Crippen LogP contribution in [-0.4, -0.2) is 18.6 Å².